The molecule has 0 aliphatic carbocycles. The summed E-state index contributed by atoms with van der Waals surface area (Å²) >= 11 is 0. The topological polar surface area (TPSA) is 82.4 Å². The predicted molar refractivity (Wildman–Crippen MR) is 70.3 cm³/mol. The molecule has 3 heterocycles. The van der Waals surface area contributed by atoms with Crippen LogP contribution in [0.25, 0.3) is 5.52 Å². The van der Waals surface area contributed by atoms with E-state index in [-0.39, 0.29) is 5.82 Å². The SMILES string of the molecule is O=C(O)c1nc(CNc2ccc[nH]2)c2ccccn12. The van der Waals surface area contributed by atoms with Gasteiger partial charge in [0.05, 0.1) is 17.8 Å². The van der Waals surface area contributed by atoms with E-state index in [2.05, 4.69) is 15.3 Å². The molecule has 0 saturated carbocycles. The first-order chi connectivity index (χ1) is 9.25. The van der Waals surface area contributed by atoms with Gasteiger partial charge in [0.15, 0.2) is 0 Å². The van der Waals surface area contributed by atoms with E-state index in [1.165, 1.54) is 0 Å². The fourth-order valence-corrected chi connectivity index (χ4v) is 2.00. The Morgan fingerprint density at radius 1 is 1.37 bits per heavy atom. The van der Waals surface area contributed by atoms with Crippen molar-refractivity contribution in [3.63, 3.8) is 0 Å². The molecule has 0 amide bonds. The van der Waals surface area contributed by atoms with Crippen LogP contribution in [-0.4, -0.2) is 25.4 Å². The van der Waals surface area contributed by atoms with Crippen molar-refractivity contribution in [3.05, 3.63) is 54.2 Å². The molecule has 96 valence electrons. The van der Waals surface area contributed by atoms with Gasteiger partial charge in [-0.15, -0.1) is 0 Å². The van der Waals surface area contributed by atoms with Gasteiger partial charge in [0.1, 0.15) is 5.82 Å². The van der Waals surface area contributed by atoms with Gasteiger partial charge in [0.25, 0.3) is 0 Å². The van der Waals surface area contributed by atoms with Crippen LogP contribution in [0.15, 0.2) is 42.7 Å². The lowest BCUT2D eigenvalue weighted by molar-refractivity contribution is 0.0682. The number of hydrogen-bond donors (Lipinski definition) is 3. The zero-order chi connectivity index (χ0) is 13.2. The lowest BCUT2D eigenvalue weighted by atomic mass is 10.3. The maximum absolute atomic E-state index is 11.2. The van der Waals surface area contributed by atoms with Gasteiger partial charge in [-0.1, -0.05) is 6.07 Å². The predicted octanol–water partition coefficient (Wildman–Crippen LogP) is 1.97. The molecule has 0 aliphatic rings. The van der Waals surface area contributed by atoms with Crippen LogP contribution in [0.5, 0.6) is 0 Å². The van der Waals surface area contributed by atoms with Crippen LogP contribution in [0.1, 0.15) is 16.3 Å². The molecule has 19 heavy (non-hydrogen) atoms. The maximum atomic E-state index is 11.2. The van der Waals surface area contributed by atoms with Gasteiger partial charge in [-0.25, -0.2) is 9.78 Å². The molecule has 0 saturated heterocycles. The number of fused-ring (bicyclic) bond motifs is 1. The number of nitrogens with zero attached hydrogens (tertiary/aromatic N) is 2. The number of nitrogens with one attached hydrogen (secondary N) is 2. The second kappa shape index (κ2) is 4.49. The lowest BCUT2D eigenvalue weighted by Gasteiger charge is -2.01. The third-order valence-corrected chi connectivity index (χ3v) is 2.86. The van der Waals surface area contributed by atoms with Crippen molar-refractivity contribution in [2.45, 2.75) is 6.54 Å². The summed E-state index contributed by atoms with van der Waals surface area (Å²) in [5, 5.41) is 12.3. The molecule has 3 N–H and O–H groups in total. The van der Waals surface area contributed by atoms with Gasteiger partial charge in [0.2, 0.25) is 5.82 Å². The second-order valence-corrected chi connectivity index (χ2v) is 4.08. The molecular formula is C13H12N4O2. The van der Waals surface area contributed by atoms with Gasteiger partial charge in [-0.3, -0.25) is 4.40 Å². The number of rotatable bonds is 4. The van der Waals surface area contributed by atoms with E-state index < -0.39 is 5.97 Å². The molecule has 3 aromatic heterocycles. The minimum atomic E-state index is -1.03. The third kappa shape index (κ3) is 2.03. The summed E-state index contributed by atoms with van der Waals surface area (Å²) in [5.41, 5.74) is 1.49. The first-order valence-electron chi connectivity index (χ1n) is 5.82. The molecule has 0 atom stereocenters. The Labute approximate surface area is 108 Å². The van der Waals surface area contributed by atoms with Crippen molar-refractivity contribution in [1.82, 2.24) is 14.4 Å². The zero-order valence-corrected chi connectivity index (χ0v) is 10.00. The number of aromatic nitrogens is 3. The van der Waals surface area contributed by atoms with Crippen molar-refractivity contribution in [2.24, 2.45) is 0 Å². The summed E-state index contributed by atoms with van der Waals surface area (Å²) in [6.45, 7) is 0.460. The monoisotopic (exact) mass is 256 g/mol. The van der Waals surface area contributed by atoms with Gasteiger partial charge >= 0.3 is 5.97 Å². The average Bonchev–Trinajstić information content (AvgIpc) is 3.04. The number of aromatic carboxylic acids is 1. The van der Waals surface area contributed by atoms with Crippen LogP contribution in [0.4, 0.5) is 5.82 Å². The highest BCUT2D eigenvalue weighted by molar-refractivity contribution is 5.85. The Hall–Kier alpha value is -2.76. The Kier molecular flexibility index (Phi) is 2.68. The Morgan fingerprint density at radius 2 is 2.26 bits per heavy atom. The van der Waals surface area contributed by atoms with E-state index in [9.17, 15) is 4.79 Å². The highest BCUT2D eigenvalue weighted by Crippen LogP contribution is 2.14. The van der Waals surface area contributed by atoms with Crippen LogP contribution in [0.2, 0.25) is 0 Å². The zero-order valence-electron chi connectivity index (χ0n) is 10.00. The number of imidazole rings is 1. The van der Waals surface area contributed by atoms with Crippen LogP contribution in [0, 0.1) is 0 Å². The Morgan fingerprint density at radius 3 is 3.00 bits per heavy atom. The van der Waals surface area contributed by atoms with Crippen LogP contribution >= 0.6 is 0 Å². The standard InChI is InChI=1S/C13H12N4O2/c18-13(19)12-16-9(8-15-11-5-3-6-14-11)10-4-1-2-7-17(10)12/h1-7,14-15H,8H2,(H,18,19). The molecule has 3 rings (SSSR count). The lowest BCUT2D eigenvalue weighted by Crippen LogP contribution is -2.03. The highest BCUT2D eigenvalue weighted by atomic mass is 16.4. The number of carbonyl (C=O) groups is 1. The number of carboxylic acids is 1. The fraction of sp³-hybridized carbons (Fsp3) is 0.0769. The summed E-state index contributed by atoms with van der Waals surface area (Å²) in [5.74, 6) is -0.139. The number of carboxylic acid groups (broad SMARTS) is 1. The highest BCUT2D eigenvalue weighted by Gasteiger charge is 2.15. The molecule has 0 spiro atoms. The molecule has 0 radical (unpaired) electrons. The minimum Gasteiger partial charge on any atom is -0.475 e. The largest absolute Gasteiger partial charge is 0.475 e. The van der Waals surface area contributed by atoms with E-state index in [1.807, 2.05) is 30.5 Å². The first-order valence-corrected chi connectivity index (χ1v) is 5.82. The molecule has 6 heteroatoms. The molecule has 6 nitrogen and oxygen atoms in total. The van der Waals surface area contributed by atoms with Gasteiger partial charge in [-0.2, -0.15) is 0 Å². The van der Waals surface area contributed by atoms with Crippen molar-refractivity contribution in [3.8, 4) is 0 Å². The van der Waals surface area contributed by atoms with E-state index in [4.69, 9.17) is 5.11 Å². The van der Waals surface area contributed by atoms with E-state index in [0.29, 0.717) is 12.2 Å². The van der Waals surface area contributed by atoms with Gasteiger partial charge in [-0.05, 0) is 24.3 Å². The summed E-state index contributed by atoms with van der Waals surface area (Å²) in [6.07, 6.45) is 3.51. The van der Waals surface area contributed by atoms with Crippen LogP contribution < -0.4 is 5.32 Å². The second-order valence-electron chi connectivity index (χ2n) is 4.08. The van der Waals surface area contributed by atoms with E-state index in [0.717, 1.165) is 11.3 Å². The molecule has 0 fully saturated rings. The Balaban J connectivity index is 1.97. The molecular weight excluding hydrogens is 244 g/mol. The van der Waals surface area contributed by atoms with Crippen molar-refractivity contribution < 1.29 is 9.90 Å². The quantitative estimate of drug-likeness (QED) is 0.666. The molecule has 0 unspecified atom stereocenters. The first kappa shape index (κ1) is 11.3. The molecule has 0 bridgehead atoms. The third-order valence-electron chi connectivity index (χ3n) is 2.86. The number of H-pyrrole nitrogens is 1. The molecule has 0 aromatic carbocycles. The maximum Gasteiger partial charge on any atom is 0.372 e. The summed E-state index contributed by atoms with van der Waals surface area (Å²) in [7, 11) is 0. The fourth-order valence-electron chi connectivity index (χ4n) is 2.00. The molecule has 3 aromatic rings. The van der Waals surface area contributed by atoms with Crippen LogP contribution in [0.3, 0.4) is 0 Å². The van der Waals surface area contributed by atoms with Gasteiger partial charge < -0.3 is 15.4 Å². The van der Waals surface area contributed by atoms with Crippen molar-refractivity contribution in [2.75, 3.05) is 5.32 Å². The minimum absolute atomic E-state index is 0.0267. The normalized spacial score (nSPS) is 10.7. The summed E-state index contributed by atoms with van der Waals surface area (Å²) < 4.78 is 1.58. The summed E-state index contributed by atoms with van der Waals surface area (Å²) in [6, 6.07) is 9.28. The number of aromatic amines is 1. The van der Waals surface area contributed by atoms with Crippen molar-refractivity contribution in [1.29, 1.82) is 0 Å². The number of anilines is 1. The molecule has 0 aliphatic heterocycles. The van der Waals surface area contributed by atoms with Crippen LogP contribution in [-0.2, 0) is 6.54 Å². The van der Waals surface area contributed by atoms with E-state index in [1.54, 1.807) is 16.7 Å². The average molecular weight is 256 g/mol. The van der Waals surface area contributed by atoms with Gasteiger partial charge in [0, 0.05) is 12.4 Å². The summed E-state index contributed by atoms with van der Waals surface area (Å²) in [4.78, 5) is 18.3. The number of hydrogen-bond acceptors (Lipinski definition) is 3. The van der Waals surface area contributed by atoms with E-state index >= 15 is 0 Å². The Bertz CT molecular complexity index is 715. The smallest absolute Gasteiger partial charge is 0.372 e. The number of pyridine rings is 1. The van der Waals surface area contributed by atoms with Crippen molar-refractivity contribution >= 4 is 17.3 Å².